The standard InChI is InChI=1S/C20H23NO4/c1-14(2)21(17-8-6-5-7-9-17)20(23)13-25-18-11-10-16(15(3)22)12-19(18)24-4/h5-12,14H,13H2,1-4H3. The van der Waals surface area contributed by atoms with Gasteiger partial charge in [0.15, 0.2) is 23.9 Å². The number of hydrogen-bond acceptors (Lipinski definition) is 4. The number of ether oxygens (including phenoxy) is 2. The van der Waals surface area contributed by atoms with Gasteiger partial charge in [0, 0.05) is 17.3 Å². The average molecular weight is 341 g/mol. The van der Waals surface area contributed by atoms with Gasteiger partial charge < -0.3 is 14.4 Å². The number of para-hydroxylation sites is 1. The summed E-state index contributed by atoms with van der Waals surface area (Å²) in [6.45, 7) is 5.27. The quantitative estimate of drug-likeness (QED) is 0.720. The van der Waals surface area contributed by atoms with Crippen LogP contribution in [0.4, 0.5) is 5.69 Å². The van der Waals surface area contributed by atoms with Crippen LogP contribution in [0.1, 0.15) is 31.1 Å². The van der Waals surface area contributed by atoms with Gasteiger partial charge in [-0.3, -0.25) is 9.59 Å². The Morgan fingerprint density at radius 2 is 1.72 bits per heavy atom. The molecule has 0 radical (unpaired) electrons. The molecule has 0 heterocycles. The zero-order valence-corrected chi connectivity index (χ0v) is 15.0. The Hall–Kier alpha value is -2.82. The maximum Gasteiger partial charge on any atom is 0.265 e. The number of amides is 1. The van der Waals surface area contributed by atoms with Crippen molar-refractivity contribution in [2.45, 2.75) is 26.8 Å². The van der Waals surface area contributed by atoms with Crippen LogP contribution in [-0.4, -0.2) is 31.4 Å². The van der Waals surface area contributed by atoms with Crippen LogP contribution in [0, 0.1) is 0 Å². The van der Waals surface area contributed by atoms with Crippen molar-refractivity contribution in [3.63, 3.8) is 0 Å². The van der Waals surface area contributed by atoms with Gasteiger partial charge in [-0.15, -0.1) is 0 Å². The van der Waals surface area contributed by atoms with Crippen LogP contribution in [0.15, 0.2) is 48.5 Å². The van der Waals surface area contributed by atoms with E-state index >= 15 is 0 Å². The first-order valence-electron chi connectivity index (χ1n) is 8.13. The van der Waals surface area contributed by atoms with Gasteiger partial charge in [0.1, 0.15) is 0 Å². The average Bonchev–Trinajstić information content (AvgIpc) is 2.60. The monoisotopic (exact) mass is 341 g/mol. The lowest BCUT2D eigenvalue weighted by Crippen LogP contribution is -2.40. The number of ketones is 1. The fourth-order valence-corrected chi connectivity index (χ4v) is 2.53. The first-order valence-corrected chi connectivity index (χ1v) is 8.13. The minimum Gasteiger partial charge on any atom is -0.493 e. The summed E-state index contributed by atoms with van der Waals surface area (Å²) in [4.78, 5) is 25.8. The van der Waals surface area contributed by atoms with E-state index in [2.05, 4.69) is 0 Å². The number of hydrogen-bond donors (Lipinski definition) is 0. The summed E-state index contributed by atoms with van der Waals surface area (Å²) in [6.07, 6.45) is 0. The number of nitrogens with zero attached hydrogens (tertiary/aromatic N) is 1. The van der Waals surface area contributed by atoms with Gasteiger partial charge in [-0.25, -0.2) is 0 Å². The van der Waals surface area contributed by atoms with Crippen LogP contribution < -0.4 is 14.4 Å². The highest BCUT2D eigenvalue weighted by Gasteiger charge is 2.20. The van der Waals surface area contributed by atoms with E-state index in [1.807, 2.05) is 44.2 Å². The van der Waals surface area contributed by atoms with Gasteiger partial charge in [-0.2, -0.15) is 0 Å². The van der Waals surface area contributed by atoms with Gasteiger partial charge in [-0.05, 0) is 51.1 Å². The fraction of sp³-hybridized carbons (Fsp3) is 0.300. The molecule has 0 saturated heterocycles. The van der Waals surface area contributed by atoms with E-state index in [9.17, 15) is 9.59 Å². The Bertz CT molecular complexity index is 741. The number of anilines is 1. The molecule has 0 aliphatic rings. The molecule has 0 unspecified atom stereocenters. The Kier molecular flexibility index (Phi) is 6.17. The molecule has 0 fully saturated rings. The molecule has 0 N–H and O–H groups in total. The van der Waals surface area contributed by atoms with Crippen molar-refractivity contribution in [1.82, 2.24) is 0 Å². The summed E-state index contributed by atoms with van der Waals surface area (Å²) in [6, 6.07) is 14.4. The Morgan fingerprint density at radius 3 is 2.28 bits per heavy atom. The van der Waals surface area contributed by atoms with Crippen molar-refractivity contribution in [3.05, 3.63) is 54.1 Å². The second kappa shape index (κ2) is 8.33. The fourth-order valence-electron chi connectivity index (χ4n) is 2.53. The van der Waals surface area contributed by atoms with E-state index in [1.54, 1.807) is 23.1 Å². The number of carbonyl (C=O) groups is 2. The number of Topliss-reactive ketones (excluding diaryl/α,β-unsaturated/α-hetero) is 1. The van der Waals surface area contributed by atoms with E-state index in [4.69, 9.17) is 9.47 Å². The molecule has 2 aromatic carbocycles. The topological polar surface area (TPSA) is 55.8 Å². The lowest BCUT2D eigenvalue weighted by molar-refractivity contribution is -0.120. The second-order valence-electron chi connectivity index (χ2n) is 5.90. The molecule has 0 bridgehead atoms. The molecule has 0 aliphatic carbocycles. The van der Waals surface area contributed by atoms with Crippen molar-refractivity contribution in [1.29, 1.82) is 0 Å². The molecular formula is C20H23NO4. The van der Waals surface area contributed by atoms with E-state index < -0.39 is 0 Å². The normalized spacial score (nSPS) is 10.4. The maximum absolute atomic E-state index is 12.6. The Balaban J connectivity index is 2.14. The molecule has 25 heavy (non-hydrogen) atoms. The number of rotatable bonds is 7. The Labute approximate surface area is 148 Å². The molecule has 0 aromatic heterocycles. The van der Waals surface area contributed by atoms with E-state index in [-0.39, 0.29) is 24.3 Å². The molecule has 1 amide bonds. The first-order chi connectivity index (χ1) is 11.9. The lowest BCUT2D eigenvalue weighted by Gasteiger charge is -2.27. The summed E-state index contributed by atoms with van der Waals surface area (Å²) in [5.74, 6) is 0.642. The lowest BCUT2D eigenvalue weighted by atomic mass is 10.1. The molecule has 0 atom stereocenters. The smallest absolute Gasteiger partial charge is 0.265 e. The molecule has 132 valence electrons. The van der Waals surface area contributed by atoms with Gasteiger partial charge in [-0.1, -0.05) is 18.2 Å². The number of benzene rings is 2. The largest absolute Gasteiger partial charge is 0.493 e. The van der Waals surface area contributed by atoms with E-state index in [1.165, 1.54) is 14.0 Å². The summed E-state index contributed by atoms with van der Waals surface area (Å²) in [7, 11) is 1.50. The highest BCUT2D eigenvalue weighted by Crippen LogP contribution is 2.28. The highest BCUT2D eigenvalue weighted by atomic mass is 16.5. The third-order valence-electron chi connectivity index (χ3n) is 3.74. The van der Waals surface area contributed by atoms with Crippen LogP contribution in [0.3, 0.4) is 0 Å². The summed E-state index contributed by atoms with van der Waals surface area (Å²) >= 11 is 0. The zero-order chi connectivity index (χ0) is 18.4. The summed E-state index contributed by atoms with van der Waals surface area (Å²) in [5.41, 5.74) is 1.36. The SMILES string of the molecule is COc1cc(C(C)=O)ccc1OCC(=O)N(c1ccccc1)C(C)C. The molecule has 2 rings (SSSR count). The van der Waals surface area contributed by atoms with Crippen molar-refractivity contribution >= 4 is 17.4 Å². The number of carbonyl (C=O) groups excluding carboxylic acids is 2. The molecule has 0 aliphatic heterocycles. The Morgan fingerprint density at radius 1 is 1.04 bits per heavy atom. The van der Waals surface area contributed by atoms with Crippen molar-refractivity contribution in [3.8, 4) is 11.5 Å². The zero-order valence-electron chi connectivity index (χ0n) is 15.0. The van der Waals surface area contributed by atoms with Crippen LogP contribution in [0.5, 0.6) is 11.5 Å². The third kappa shape index (κ3) is 4.59. The van der Waals surface area contributed by atoms with Gasteiger partial charge >= 0.3 is 0 Å². The van der Waals surface area contributed by atoms with Crippen LogP contribution >= 0.6 is 0 Å². The van der Waals surface area contributed by atoms with Gasteiger partial charge in [0.2, 0.25) is 0 Å². The van der Waals surface area contributed by atoms with Crippen LogP contribution in [0.2, 0.25) is 0 Å². The molecule has 5 nitrogen and oxygen atoms in total. The molecule has 2 aromatic rings. The maximum atomic E-state index is 12.6. The first kappa shape index (κ1) is 18.5. The predicted octanol–water partition coefficient (Wildman–Crippen LogP) is 3.72. The molecule has 5 heteroatoms. The van der Waals surface area contributed by atoms with Crippen molar-refractivity contribution < 1.29 is 19.1 Å². The van der Waals surface area contributed by atoms with E-state index in [0.717, 1.165) is 5.69 Å². The summed E-state index contributed by atoms with van der Waals surface area (Å²) < 4.78 is 10.9. The van der Waals surface area contributed by atoms with Gasteiger partial charge in [0.05, 0.1) is 7.11 Å². The van der Waals surface area contributed by atoms with Gasteiger partial charge in [0.25, 0.3) is 5.91 Å². The third-order valence-corrected chi connectivity index (χ3v) is 3.74. The molecule has 0 spiro atoms. The van der Waals surface area contributed by atoms with Crippen molar-refractivity contribution in [2.75, 3.05) is 18.6 Å². The minimum absolute atomic E-state index is 0.000449. The second-order valence-corrected chi connectivity index (χ2v) is 5.90. The predicted molar refractivity (Wildman–Crippen MR) is 97.6 cm³/mol. The van der Waals surface area contributed by atoms with Crippen LogP contribution in [-0.2, 0) is 4.79 Å². The van der Waals surface area contributed by atoms with Crippen molar-refractivity contribution in [2.24, 2.45) is 0 Å². The highest BCUT2D eigenvalue weighted by molar-refractivity contribution is 5.95. The molecule has 0 saturated carbocycles. The summed E-state index contributed by atoms with van der Waals surface area (Å²) in [5, 5.41) is 0. The molecular weight excluding hydrogens is 318 g/mol. The number of methoxy groups -OCH3 is 1. The minimum atomic E-state index is -0.154. The van der Waals surface area contributed by atoms with E-state index in [0.29, 0.717) is 17.1 Å². The van der Waals surface area contributed by atoms with Crippen LogP contribution in [0.25, 0.3) is 0 Å².